The van der Waals surface area contributed by atoms with Crippen LogP contribution in [0.3, 0.4) is 0 Å². The lowest BCUT2D eigenvalue weighted by molar-refractivity contribution is 0.935. The molecule has 0 bridgehead atoms. The molecule has 1 heterocycles. The molecule has 0 atom stereocenters. The van der Waals surface area contributed by atoms with Gasteiger partial charge in [-0.2, -0.15) is 0 Å². The SMILES string of the molecule is Cc1ccnc(SCI)n1. The number of alkyl halides is 1. The molecule has 54 valence electrons. The minimum atomic E-state index is 0.870. The largest absolute Gasteiger partial charge is 0.231 e. The summed E-state index contributed by atoms with van der Waals surface area (Å²) < 4.78 is 1.00. The van der Waals surface area contributed by atoms with Crippen LogP contribution in [0, 0.1) is 6.92 Å². The van der Waals surface area contributed by atoms with E-state index in [1.165, 1.54) is 0 Å². The standard InChI is InChI=1S/C6H7IN2S/c1-5-2-3-8-6(9-5)10-4-7/h2-3H,4H2,1H3. The Morgan fingerprint density at radius 2 is 2.50 bits per heavy atom. The van der Waals surface area contributed by atoms with Crippen molar-refractivity contribution in [3.05, 3.63) is 18.0 Å². The summed E-state index contributed by atoms with van der Waals surface area (Å²) in [4.78, 5) is 8.29. The average molecular weight is 266 g/mol. The van der Waals surface area contributed by atoms with Crippen molar-refractivity contribution < 1.29 is 0 Å². The zero-order chi connectivity index (χ0) is 7.40. The van der Waals surface area contributed by atoms with Crippen LogP contribution in [0.1, 0.15) is 5.69 Å². The summed E-state index contributed by atoms with van der Waals surface area (Å²) in [6.07, 6.45) is 1.79. The molecule has 0 aliphatic carbocycles. The predicted molar refractivity (Wildman–Crippen MR) is 51.5 cm³/mol. The third kappa shape index (κ3) is 2.42. The van der Waals surface area contributed by atoms with Gasteiger partial charge in [-0.15, -0.1) is 0 Å². The second kappa shape index (κ2) is 4.12. The molecule has 0 unspecified atom stereocenters. The zero-order valence-electron chi connectivity index (χ0n) is 5.54. The van der Waals surface area contributed by atoms with Crippen molar-refractivity contribution >= 4 is 34.4 Å². The van der Waals surface area contributed by atoms with Gasteiger partial charge in [0.1, 0.15) is 0 Å². The van der Waals surface area contributed by atoms with E-state index in [1.807, 2.05) is 13.0 Å². The third-order valence-electron chi connectivity index (χ3n) is 0.956. The third-order valence-corrected chi connectivity index (χ3v) is 2.45. The van der Waals surface area contributed by atoms with Crippen molar-refractivity contribution in [3.8, 4) is 0 Å². The molecule has 4 heteroatoms. The van der Waals surface area contributed by atoms with Crippen LogP contribution in [0.25, 0.3) is 0 Å². The second-order valence-electron chi connectivity index (χ2n) is 1.73. The number of aromatic nitrogens is 2. The van der Waals surface area contributed by atoms with E-state index in [0.717, 1.165) is 14.6 Å². The molecule has 0 aromatic carbocycles. The Hall–Kier alpha value is 0.160. The van der Waals surface area contributed by atoms with Gasteiger partial charge in [-0.3, -0.25) is 0 Å². The van der Waals surface area contributed by atoms with Crippen LogP contribution in [-0.4, -0.2) is 13.7 Å². The number of rotatable bonds is 2. The Morgan fingerprint density at radius 1 is 1.70 bits per heavy atom. The van der Waals surface area contributed by atoms with E-state index in [4.69, 9.17) is 0 Å². The highest BCUT2D eigenvalue weighted by Crippen LogP contribution is 2.14. The summed E-state index contributed by atoms with van der Waals surface area (Å²) in [5, 5.41) is 0.870. The summed E-state index contributed by atoms with van der Waals surface area (Å²) in [5.41, 5.74) is 1.03. The van der Waals surface area contributed by atoms with Gasteiger partial charge in [-0.1, -0.05) is 34.4 Å². The van der Waals surface area contributed by atoms with Crippen LogP contribution in [0.4, 0.5) is 0 Å². The van der Waals surface area contributed by atoms with Crippen molar-refractivity contribution in [2.45, 2.75) is 12.1 Å². The van der Waals surface area contributed by atoms with Gasteiger partial charge >= 0.3 is 0 Å². The maximum absolute atomic E-state index is 4.21. The first kappa shape index (κ1) is 8.26. The van der Waals surface area contributed by atoms with Crippen molar-refractivity contribution in [3.63, 3.8) is 0 Å². The molecule has 1 aromatic rings. The van der Waals surface area contributed by atoms with E-state index in [0.29, 0.717) is 0 Å². The topological polar surface area (TPSA) is 25.8 Å². The molecular formula is C6H7IN2S. The first-order chi connectivity index (χ1) is 4.83. The monoisotopic (exact) mass is 266 g/mol. The Bertz CT molecular complexity index is 217. The first-order valence-electron chi connectivity index (χ1n) is 2.81. The molecule has 0 spiro atoms. The summed E-state index contributed by atoms with van der Waals surface area (Å²) in [6, 6.07) is 1.90. The number of halogens is 1. The average Bonchev–Trinajstić information content (AvgIpc) is 1.88. The number of nitrogens with zero attached hydrogens (tertiary/aromatic N) is 2. The van der Waals surface area contributed by atoms with Crippen LogP contribution in [0.15, 0.2) is 17.4 Å². The highest BCUT2D eigenvalue weighted by Gasteiger charge is 1.93. The van der Waals surface area contributed by atoms with Crippen molar-refractivity contribution in [2.75, 3.05) is 3.76 Å². The van der Waals surface area contributed by atoms with Gasteiger partial charge in [0.2, 0.25) is 0 Å². The second-order valence-corrected chi connectivity index (χ2v) is 4.47. The molecule has 0 fully saturated rings. The van der Waals surface area contributed by atoms with Crippen LogP contribution in [0.5, 0.6) is 0 Å². The van der Waals surface area contributed by atoms with Gasteiger partial charge in [0.25, 0.3) is 0 Å². The molecule has 0 aliphatic rings. The van der Waals surface area contributed by atoms with Gasteiger partial charge in [-0.05, 0) is 13.0 Å². The molecule has 1 rings (SSSR count). The first-order valence-corrected chi connectivity index (χ1v) is 5.32. The Kier molecular flexibility index (Phi) is 3.41. The quantitative estimate of drug-likeness (QED) is 0.355. The molecular weight excluding hydrogens is 259 g/mol. The van der Waals surface area contributed by atoms with Crippen molar-refractivity contribution in [1.29, 1.82) is 0 Å². The van der Waals surface area contributed by atoms with Crippen LogP contribution in [0.2, 0.25) is 0 Å². The van der Waals surface area contributed by atoms with E-state index in [-0.39, 0.29) is 0 Å². The zero-order valence-corrected chi connectivity index (χ0v) is 8.52. The fourth-order valence-electron chi connectivity index (χ4n) is 0.544. The molecule has 0 N–H and O–H groups in total. The highest BCUT2D eigenvalue weighted by atomic mass is 127. The molecule has 0 saturated carbocycles. The van der Waals surface area contributed by atoms with Crippen LogP contribution >= 0.6 is 34.4 Å². The molecule has 0 aliphatic heterocycles. The van der Waals surface area contributed by atoms with Crippen molar-refractivity contribution in [1.82, 2.24) is 9.97 Å². The maximum atomic E-state index is 4.21. The number of hydrogen-bond acceptors (Lipinski definition) is 3. The minimum Gasteiger partial charge on any atom is -0.231 e. The Balaban J connectivity index is 2.75. The van der Waals surface area contributed by atoms with E-state index in [9.17, 15) is 0 Å². The highest BCUT2D eigenvalue weighted by molar-refractivity contribution is 14.1. The Labute approximate surface area is 78.0 Å². The lowest BCUT2D eigenvalue weighted by Crippen LogP contribution is -1.86. The molecule has 2 nitrogen and oxygen atoms in total. The van der Waals surface area contributed by atoms with Crippen molar-refractivity contribution in [2.24, 2.45) is 0 Å². The normalized spacial score (nSPS) is 9.80. The predicted octanol–water partition coefficient (Wildman–Crippen LogP) is 2.27. The van der Waals surface area contributed by atoms with E-state index >= 15 is 0 Å². The molecule has 10 heavy (non-hydrogen) atoms. The summed E-state index contributed by atoms with van der Waals surface area (Å²) >= 11 is 3.94. The fourth-order valence-corrected chi connectivity index (χ4v) is 1.82. The molecule has 0 amide bonds. The lowest BCUT2D eigenvalue weighted by Gasteiger charge is -1.94. The van der Waals surface area contributed by atoms with E-state index < -0.39 is 0 Å². The van der Waals surface area contributed by atoms with Gasteiger partial charge in [-0.25, -0.2) is 9.97 Å². The molecule has 0 saturated heterocycles. The summed E-state index contributed by atoms with van der Waals surface area (Å²) in [6.45, 7) is 1.97. The fraction of sp³-hybridized carbons (Fsp3) is 0.333. The van der Waals surface area contributed by atoms with E-state index in [1.54, 1.807) is 18.0 Å². The lowest BCUT2D eigenvalue weighted by atomic mass is 10.5. The minimum absolute atomic E-state index is 0.870. The van der Waals surface area contributed by atoms with Crippen LogP contribution < -0.4 is 0 Å². The van der Waals surface area contributed by atoms with Crippen LogP contribution in [-0.2, 0) is 0 Å². The molecule has 1 aromatic heterocycles. The van der Waals surface area contributed by atoms with E-state index in [2.05, 4.69) is 32.6 Å². The number of hydrogen-bond donors (Lipinski definition) is 0. The van der Waals surface area contributed by atoms with Gasteiger partial charge < -0.3 is 0 Å². The van der Waals surface area contributed by atoms with Gasteiger partial charge in [0, 0.05) is 11.9 Å². The van der Waals surface area contributed by atoms with Gasteiger partial charge in [0.15, 0.2) is 5.16 Å². The summed E-state index contributed by atoms with van der Waals surface area (Å²) in [7, 11) is 0. The number of aryl methyl sites for hydroxylation is 1. The molecule has 0 radical (unpaired) electrons. The Morgan fingerprint density at radius 3 is 3.10 bits per heavy atom. The smallest absolute Gasteiger partial charge is 0.188 e. The van der Waals surface area contributed by atoms with Gasteiger partial charge in [0.05, 0.1) is 3.76 Å². The maximum Gasteiger partial charge on any atom is 0.188 e. The summed E-state index contributed by atoms with van der Waals surface area (Å²) in [5.74, 6) is 0. The number of thioether (sulfide) groups is 1.